The molecule has 0 unspecified atom stereocenters. The zero-order valence-electron chi connectivity index (χ0n) is 17.5. The molecule has 3 rings (SSSR count). The molecule has 0 aliphatic carbocycles. The largest absolute Gasteiger partial charge is 0.332 e. The van der Waals surface area contributed by atoms with Crippen molar-refractivity contribution in [2.24, 2.45) is 0 Å². The number of carbonyl (C=O) groups is 1. The van der Waals surface area contributed by atoms with Crippen LogP contribution in [-0.4, -0.2) is 62.8 Å². The Hall–Kier alpha value is -3.66. The minimum absolute atomic E-state index is 0.0794. The van der Waals surface area contributed by atoms with Gasteiger partial charge in [-0.1, -0.05) is 23.4 Å². The smallest absolute Gasteiger partial charge is 0.276 e. The summed E-state index contributed by atoms with van der Waals surface area (Å²) in [4.78, 5) is 27.4. The molecule has 0 aliphatic rings. The van der Waals surface area contributed by atoms with Crippen molar-refractivity contribution >= 4 is 11.6 Å². The molecule has 3 aromatic rings. The van der Waals surface area contributed by atoms with Crippen molar-refractivity contribution in [3.63, 3.8) is 0 Å². The second-order valence-corrected chi connectivity index (χ2v) is 7.37. The van der Waals surface area contributed by atoms with E-state index in [0.717, 1.165) is 5.56 Å². The van der Waals surface area contributed by atoms with Crippen LogP contribution in [0.15, 0.2) is 48.5 Å². The molecule has 0 fully saturated rings. The van der Waals surface area contributed by atoms with Crippen LogP contribution < -0.4 is 0 Å². The van der Waals surface area contributed by atoms with Gasteiger partial charge in [0.15, 0.2) is 5.69 Å². The van der Waals surface area contributed by atoms with Gasteiger partial charge in [-0.2, -0.15) is 0 Å². The third-order valence-electron chi connectivity index (χ3n) is 4.77. The fraction of sp³-hybridized carbons (Fsp3) is 0.286. The first kappa shape index (κ1) is 22.0. The summed E-state index contributed by atoms with van der Waals surface area (Å²) in [6.45, 7) is 3.04. The summed E-state index contributed by atoms with van der Waals surface area (Å²) < 4.78 is 14.7. The molecule has 0 N–H and O–H groups in total. The minimum Gasteiger partial charge on any atom is -0.332 e. The van der Waals surface area contributed by atoms with Crippen LogP contribution in [0.1, 0.15) is 21.7 Å². The third kappa shape index (κ3) is 5.28. The van der Waals surface area contributed by atoms with Crippen LogP contribution in [0.4, 0.5) is 10.1 Å². The van der Waals surface area contributed by atoms with Gasteiger partial charge in [-0.3, -0.25) is 14.9 Å². The first-order valence-electron chi connectivity index (χ1n) is 9.62. The Bertz CT molecular complexity index is 1080. The van der Waals surface area contributed by atoms with E-state index >= 15 is 0 Å². The molecule has 1 aromatic heterocycles. The monoisotopic (exact) mass is 426 g/mol. The molecule has 2 aromatic carbocycles. The lowest BCUT2D eigenvalue weighted by Gasteiger charge is -2.24. The highest BCUT2D eigenvalue weighted by Gasteiger charge is 2.24. The van der Waals surface area contributed by atoms with Gasteiger partial charge in [0.1, 0.15) is 5.82 Å². The van der Waals surface area contributed by atoms with E-state index < -0.39 is 4.92 Å². The van der Waals surface area contributed by atoms with Crippen LogP contribution >= 0.6 is 0 Å². The molecular formula is C21H23FN6O3. The van der Waals surface area contributed by atoms with Crippen molar-refractivity contribution in [2.45, 2.75) is 13.5 Å². The van der Waals surface area contributed by atoms with E-state index in [9.17, 15) is 19.3 Å². The van der Waals surface area contributed by atoms with Gasteiger partial charge in [0, 0.05) is 31.8 Å². The average molecular weight is 426 g/mol. The maximum Gasteiger partial charge on any atom is 0.276 e. The number of benzene rings is 2. The number of nitro benzene ring substituents is 1. The topological polar surface area (TPSA) is 97.4 Å². The summed E-state index contributed by atoms with van der Waals surface area (Å²) in [6, 6.07) is 11.9. The Balaban J connectivity index is 1.89. The van der Waals surface area contributed by atoms with E-state index in [1.807, 2.05) is 19.0 Å². The van der Waals surface area contributed by atoms with Crippen molar-refractivity contribution in [3.8, 4) is 5.69 Å². The lowest BCUT2D eigenvalue weighted by Crippen LogP contribution is -2.36. The molecule has 0 atom stereocenters. The van der Waals surface area contributed by atoms with Crippen LogP contribution in [0.5, 0.6) is 0 Å². The Morgan fingerprint density at radius 2 is 1.87 bits per heavy atom. The molecule has 0 saturated heterocycles. The third-order valence-corrected chi connectivity index (χ3v) is 4.77. The molecular weight excluding hydrogens is 403 g/mol. The van der Waals surface area contributed by atoms with Crippen LogP contribution in [0.3, 0.4) is 0 Å². The molecule has 9 nitrogen and oxygen atoms in total. The SMILES string of the molecule is Cc1c(C(=O)N(CCN(C)C)Cc2ccc(F)cc2)nnn1-c1cccc([N+](=O)[O-])c1. The van der Waals surface area contributed by atoms with E-state index in [1.54, 1.807) is 36.1 Å². The highest BCUT2D eigenvalue weighted by atomic mass is 19.1. The molecule has 0 spiro atoms. The zero-order valence-corrected chi connectivity index (χ0v) is 17.5. The predicted octanol–water partition coefficient (Wildman–Crippen LogP) is 2.83. The van der Waals surface area contributed by atoms with Gasteiger partial charge in [0.25, 0.3) is 11.6 Å². The van der Waals surface area contributed by atoms with E-state index in [4.69, 9.17) is 0 Å². The van der Waals surface area contributed by atoms with E-state index in [1.165, 1.54) is 28.9 Å². The summed E-state index contributed by atoms with van der Waals surface area (Å²) in [6.07, 6.45) is 0. The Kier molecular flexibility index (Phi) is 6.71. The number of nitrogens with zero attached hydrogens (tertiary/aromatic N) is 6. The van der Waals surface area contributed by atoms with Gasteiger partial charge < -0.3 is 9.80 Å². The summed E-state index contributed by atoms with van der Waals surface area (Å²) in [5, 5.41) is 19.2. The van der Waals surface area contributed by atoms with E-state index in [-0.39, 0.29) is 29.7 Å². The second-order valence-electron chi connectivity index (χ2n) is 7.37. The molecule has 0 aliphatic heterocycles. The van der Waals surface area contributed by atoms with Crippen molar-refractivity contribution in [2.75, 3.05) is 27.2 Å². The number of halogens is 1. The number of carbonyl (C=O) groups excluding carboxylic acids is 1. The number of non-ortho nitro benzene ring substituents is 1. The van der Waals surface area contributed by atoms with Gasteiger partial charge in [-0.05, 0) is 44.8 Å². The molecule has 1 amide bonds. The number of aromatic nitrogens is 3. The van der Waals surface area contributed by atoms with Crippen LogP contribution in [0, 0.1) is 22.9 Å². The summed E-state index contributed by atoms with van der Waals surface area (Å²) in [7, 11) is 3.81. The van der Waals surface area contributed by atoms with Crippen molar-refractivity contribution in [1.29, 1.82) is 0 Å². The molecule has 10 heteroatoms. The lowest BCUT2D eigenvalue weighted by molar-refractivity contribution is -0.384. The summed E-state index contributed by atoms with van der Waals surface area (Å²) in [5.41, 5.74) is 1.78. The van der Waals surface area contributed by atoms with Crippen molar-refractivity contribution in [1.82, 2.24) is 24.8 Å². The Morgan fingerprint density at radius 3 is 2.52 bits per heavy atom. The van der Waals surface area contributed by atoms with Crippen LogP contribution in [0.25, 0.3) is 5.69 Å². The van der Waals surface area contributed by atoms with Crippen molar-refractivity contribution < 1.29 is 14.1 Å². The first-order chi connectivity index (χ1) is 14.8. The van der Waals surface area contributed by atoms with Gasteiger partial charge in [0.2, 0.25) is 0 Å². The van der Waals surface area contributed by atoms with Gasteiger partial charge in [-0.15, -0.1) is 5.10 Å². The van der Waals surface area contributed by atoms with Gasteiger partial charge in [-0.25, -0.2) is 9.07 Å². The average Bonchev–Trinajstić information content (AvgIpc) is 3.13. The van der Waals surface area contributed by atoms with E-state index in [0.29, 0.717) is 24.5 Å². The molecule has 0 bridgehead atoms. The quantitative estimate of drug-likeness (QED) is 0.406. The zero-order chi connectivity index (χ0) is 22.5. The maximum atomic E-state index is 13.3. The lowest BCUT2D eigenvalue weighted by atomic mass is 10.2. The first-order valence-corrected chi connectivity index (χ1v) is 9.62. The number of hydrogen-bond donors (Lipinski definition) is 0. The van der Waals surface area contributed by atoms with Crippen molar-refractivity contribution in [3.05, 3.63) is 81.4 Å². The fourth-order valence-electron chi connectivity index (χ4n) is 3.04. The number of likely N-dealkylation sites (N-methyl/N-ethyl adjacent to an activating group) is 1. The molecule has 0 radical (unpaired) electrons. The molecule has 162 valence electrons. The second kappa shape index (κ2) is 9.43. The van der Waals surface area contributed by atoms with Gasteiger partial charge >= 0.3 is 0 Å². The maximum absolute atomic E-state index is 13.3. The standard InChI is InChI=1S/C21H23FN6O3/c1-15-20(23-24-27(15)18-5-4-6-19(13-18)28(30)31)21(29)26(12-11-25(2)3)14-16-7-9-17(22)10-8-16/h4-10,13H,11-12,14H2,1-3H3. The number of rotatable bonds is 8. The minimum atomic E-state index is -0.493. The number of hydrogen-bond acceptors (Lipinski definition) is 6. The number of amides is 1. The summed E-state index contributed by atoms with van der Waals surface area (Å²) in [5.74, 6) is -0.661. The predicted molar refractivity (Wildman–Crippen MR) is 112 cm³/mol. The van der Waals surface area contributed by atoms with Gasteiger partial charge in [0.05, 0.1) is 16.3 Å². The summed E-state index contributed by atoms with van der Waals surface area (Å²) >= 11 is 0. The fourth-order valence-corrected chi connectivity index (χ4v) is 3.04. The highest BCUT2D eigenvalue weighted by molar-refractivity contribution is 5.93. The molecule has 1 heterocycles. The Morgan fingerprint density at radius 1 is 1.16 bits per heavy atom. The van der Waals surface area contributed by atoms with E-state index in [2.05, 4.69) is 10.3 Å². The molecule has 31 heavy (non-hydrogen) atoms. The van der Waals surface area contributed by atoms with Crippen LogP contribution in [0.2, 0.25) is 0 Å². The molecule has 0 saturated carbocycles. The normalized spacial score (nSPS) is 11.0. The van der Waals surface area contributed by atoms with Crippen LogP contribution in [-0.2, 0) is 6.54 Å². The Labute approximate surface area is 178 Å². The highest BCUT2D eigenvalue weighted by Crippen LogP contribution is 2.19. The number of nitro groups is 1.